The van der Waals surface area contributed by atoms with E-state index in [-0.39, 0.29) is 11.4 Å². The standard InChI is InChI=1S/C12H14Cl2O2/c1-12(2,3)16-9-6-4-8(5-7-9)10(15)11(13)14/h4-7,11H,1-3H3. The fraction of sp³-hybridized carbons (Fsp3) is 0.417. The zero-order chi connectivity index (χ0) is 12.3. The number of carbonyl (C=O) groups excluding carboxylic acids is 1. The summed E-state index contributed by atoms with van der Waals surface area (Å²) in [7, 11) is 0. The maximum absolute atomic E-state index is 11.4. The van der Waals surface area contributed by atoms with Gasteiger partial charge in [0.25, 0.3) is 0 Å². The number of alkyl halides is 2. The van der Waals surface area contributed by atoms with Crippen LogP contribution in [-0.4, -0.2) is 16.2 Å². The third kappa shape index (κ3) is 4.03. The number of ether oxygens (including phenoxy) is 1. The van der Waals surface area contributed by atoms with Gasteiger partial charge in [0, 0.05) is 5.56 Å². The van der Waals surface area contributed by atoms with E-state index >= 15 is 0 Å². The first-order valence-electron chi connectivity index (χ1n) is 4.91. The lowest BCUT2D eigenvalue weighted by atomic mass is 10.1. The molecule has 0 aliphatic rings. The molecule has 0 aliphatic carbocycles. The summed E-state index contributed by atoms with van der Waals surface area (Å²) < 4.78 is 5.62. The monoisotopic (exact) mass is 260 g/mol. The Kier molecular flexibility index (Phi) is 4.22. The van der Waals surface area contributed by atoms with E-state index < -0.39 is 4.84 Å². The van der Waals surface area contributed by atoms with Gasteiger partial charge in [0.15, 0.2) is 10.6 Å². The molecule has 1 aromatic carbocycles. The third-order valence-corrected chi connectivity index (χ3v) is 2.16. The summed E-state index contributed by atoms with van der Waals surface area (Å²) in [4.78, 5) is 10.4. The predicted octanol–water partition coefficient (Wildman–Crippen LogP) is 3.85. The van der Waals surface area contributed by atoms with Crippen LogP contribution in [0, 0.1) is 0 Å². The molecule has 0 atom stereocenters. The molecule has 0 spiro atoms. The average molecular weight is 261 g/mol. The molecule has 0 N–H and O–H groups in total. The Morgan fingerprint density at radius 1 is 1.19 bits per heavy atom. The topological polar surface area (TPSA) is 26.3 Å². The number of ketones is 1. The maximum atomic E-state index is 11.4. The smallest absolute Gasteiger partial charge is 0.195 e. The molecule has 0 aromatic heterocycles. The highest BCUT2D eigenvalue weighted by Gasteiger charge is 2.15. The van der Waals surface area contributed by atoms with Crippen LogP contribution in [0.5, 0.6) is 5.75 Å². The van der Waals surface area contributed by atoms with Crippen LogP contribution < -0.4 is 4.74 Å². The molecule has 0 amide bonds. The second kappa shape index (κ2) is 5.07. The van der Waals surface area contributed by atoms with Gasteiger partial charge in [-0.2, -0.15) is 0 Å². The van der Waals surface area contributed by atoms with E-state index in [2.05, 4.69) is 0 Å². The van der Waals surface area contributed by atoms with Gasteiger partial charge in [-0.3, -0.25) is 4.79 Å². The second-order valence-electron chi connectivity index (χ2n) is 4.40. The molecule has 0 unspecified atom stereocenters. The Balaban J connectivity index is 2.80. The van der Waals surface area contributed by atoms with E-state index in [0.29, 0.717) is 11.3 Å². The van der Waals surface area contributed by atoms with Crippen molar-refractivity contribution >= 4 is 29.0 Å². The van der Waals surface area contributed by atoms with Gasteiger partial charge in [0.05, 0.1) is 0 Å². The molecular formula is C12H14Cl2O2. The number of Topliss-reactive ketones (excluding diaryl/α,β-unsaturated/α-hetero) is 1. The van der Waals surface area contributed by atoms with Crippen LogP contribution in [-0.2, 0) is 0 Å². The minimum Gasteiger partial charge on any atom is -0.488 e. The highest BCUT2D eigenvalue weighted by molar-refractivity contribution is 6.55. The van der Waals surface area contributed by atoms with Gasteiger partial charge in [0.2, 0.25) is 0 Å². The molecule has 0 saturated carbocycles. The van der Waals surface area contributed by atoms with Crippen molar-refractivity contribution < 1.29 is 9.53 Å². The van der Waals surface area contributed by atoms with Crippen LogP contribution in [0.2, 0.25) is 0 Å². The molecule has 0 radical (unpaired) electrons. The Morgan fingerprint density at radius 3 is 2.06 bits per heavy atom. The van der Waals surface area contributed by atoms with Crippen LogP contribution in [0.1, 0.15) is 31.1 Å². The fourth-order valence-electron chi connectivity index (χ4n) is 1.17. The van der Waals surface area contributed by atoms with Crippen molar-refractivity contribution in [1.82, 2.24) is 0 Å². The molecular weight excluding hydrogens is 247 g/mol. The summed E-state index contributed by atoms with van der Waals surface area (Å²) in [5.41, 5.74) is 0.226. The van der Waals surface area contributed by atoms with E-state index in [1.54, 1.807) is 24.3 Å². The SMILES string of the molecule is CC(C)(C)Oc1ccc(C(=O)C(Cl)Cl)cc1. The minimum absolute atomic E-state index is 0.257. The molecule has 1 aromatic rings. The van der Waals surface area contributed by atoms with Gasteiger partial charge >= 0.3 is 0 Å². The number of carbonyl (C=O) groups is 1. The van der Waals surface area contributed by atoms with E-state index in [0.717, 1.165) is 0 Å². The van der Waals surface area contributed by atoms with Crippen molar-refractivity contribution in [3.63, 3.8) is 0 Å². The van der Waals surface area contributed by atoms with Crippen LogP contribution >= 0.6 is 23.2 Å². The Bertz CT molecular complexity index is 364. The van der Waals surface area contributed by atoms with Crippen molar-refractivity contribution in [3.05, 3.63) is 29.8 Å². The summed E-state index contributed by atoms with van der Waals surface area (Å²) in [5, 5.41) is 0. The van der Waals surface area contributed by atoms with Gasteiger partial charge < -0.3 is 4.74 Å². The summed E-state index contributed by atoms with van der Waals surface area (Å²) >= 11 is 11.0. The lowest BCUT2D eigenvalue weighted by Crippen LogP contribution is -2.22. The minimum atomic E-state index is -1.02. The van der Waals surface area contributed by atoms with Crippen LogP contribution in [0.4, 0.5) is 0 Å². The summed E-state index contributed by atoms with van der Waals surface area (Å²) in [6.07, 6.45) is 0. The first-order valence-corrected chi connectivity index (χ1v) is 5.78. The van der Waals surface area contributed by atoms with E-state index in [1.165, 1.54) is 0 Å². The van der Waals surface area contributed by atoms with Gasteiger partial charge in [0.1, 0.15) is 11.4 Å². The van der Waals surface area contributed by atoms with Crippen molar-refractivity contribution in [2.45, 2.75) is 31.2 Å². The van der Waals surface area contributed by atoms with Gasteiger partial charge in [-0.05, 0) is 45.0 Å². The first kappa shape index (κ1) is 13.3. The number of hydrogen-bond donors (Lipinski definition) is 0. The zero-order valence-corrected chi connectivity index (χ0v) is 11.0. The number of benzene rings is 1. The lowest BCUT2D eigenvalue weighted by Gasteiger charge is -2.21. The average Bonchev–Trinajstić information content (AvgIpc) is 2.15. The van der Waals surface area contributed by atoms with E-state index in [9.17, 15) is 4.79 Å². The molecule has 0 saturated heterocycles. The predicted molar refractivity (Wildman–Crippen MR) is 66.6 cm³/mol. The van der Waals surface area contributed by atoms with Crippen molar-refractivity contribution in [1.29, 1.82) is 0 Å². The Hall–Kier alpha value is -0.730. The molecule has 16 heavy (non-hydrogen) atoms. The summed E-state index contributed by atoms with van der Waals surface area (Å²) in [6, 6.07) is 6.77. The largest absolute Gasteiger partial charge is 0.488 e. The van der Waals surface area contributed by atoms with E-state index in [1.807, 2.05) is 20.8 Å². The number of halogens is 2. The lowest BCUT2D eigenvalue weighted by molar-refractivity contribution is 0.101. The molecule has 4 heteroatoms. The van der Waals surface area contributed by atoms with Crippen molar-refractivity contribution in [2.24, 2.45) is 0 Å². The molecule has 0 heterocycles. The summed E-state index contributed by atoms with van der Waals surface area (Å²) in [5.74, 6) is 0.412. The molecule has 1 rings (SSSR count). The van der Waals surface area contributed by atoms with Crippen LogP contribution in [0.25, 0.3) is 0 Å². The molecule has 0 bridgehead atoms. The molecule has 2 nitrogen and oxygen atoms in total. The van der Waals surface area contributed by atoms with Crippen LogP contribution in [0.15, 0.2) is 24.3 Å². The van der Waals surface area contributed by atoms with Crippen LogP contribution in [0.3, 0.4) is 0 Å². The third-order valence-electron chi connectivity index (χ3n) is 1.76. The maximum Gasteiger partial charge on any atom is 0.195 e. The number of rotatable bonds is 3. The Morgan fingerprint density at radius 2 is 1.69 bits per heavy atom. The molecule has 0 fully saturated rings. The number of hydrogen-bond acceptors (Lipinski definition) is 2. The molecule has 88 valence electrons. The second-order valence-corrected chi connectivity index (χ2v) is 5.50. The quantitative estimate of drug-likeness (QED) is 0.610. The van der Waals surface area contributed by atoms with E-state index in [4.69, 9.17) is 27.9 Å². The molecule has 0 aliphatic heterocycles. The summed E-state index contributed by atoms with van der Waals surface area (Å²) in [6.45, 7) is 5.87. The van der Waals surface area contributed by atoms with Crippen molar-refractivity contribution in [3.8, 4) is 5.75 Å². The van der Waals surface area contributed by atoms with Gasteiger partial charge in [-0.1, -0.05) is 23.2 Å². The highest BCUT2D eigenvalue weighted by atomic mass is 35.5. The first-order chi connectivity index (χ1) is 7.29. The highest BCUT2D eigenvalue weighted by Crippen LogP contribution is 2.20. The van der Waals surface area contributed by atoms with Gasteiger partial charge in [-0.25, -0.2) is 0 Å². The normalized spacial score (nSPS) is 11.6. The zero-order valence-electron chi connectivity index (χ0n) is 9.46. The van der Waals surface area contributed by atoms with Gasteiger partial charge in [-0.15, -0.1) is 0 Å². The van der Waals surface area contributed by atoms with Crippen molar-refractivity contribution in [2.75, 3.05) is 0 Å². The fourth-order valence-corrected chi connectivity index (χ4v) is 1.42. The Labute approximate surface area is 106 Å².